The van der Waals surface area contributed by atoms with Crippen LogP contribution in [0.1, 0.15) is 16.0 Å². The van der Waals surface area contributed by atoms with Gasteiger partial charge in [-0.15, -0.1) is 11.3 Å². The molecule has 0 unspecified atom stereocenters. The zero-order valence-corrected chi connectivity index (χ0v) is 15.2. The lowest BCUT2D eigenvalue weighted by molar-refractivity contribution is 0.580. The first-order valence-electron chi connectivity index (χ1n) is 6.35. The number of sulfonamides is 1. The predicted molar refractivity (Wildman–Crippen MR) is 91.5 cm³/mol. The molecular weight excluding hydrogens is 372 g/mol. The van der Waals surface area contributed by atoms with E-state index in [2.05, 4.69) is 26.0 Å². The molecule has 0 saturated carbocycles. The second-order valence-electron chi connectivity index (χ2n) is 4.74. The molecule has 0 aliphatic heterocycles. The van der Waals surface area contributed by atoms with Gasteiger partial charge in [-0.3, -0.25) is 0 Å². The topological polar surface area (TPSA) is 58.2 Å². The third-order valence-electron chi connectivity index (χ3n) is 3.08. The van der Waals surface area contributed by atoms with Gasteiger partial charge in [-0.2, -0.15) is 0 Å². The summed E-state index contributed by atoms with van der Waals surface area (Å²) in [5.41, 5.74) is 2.38. The Morgan fingerprint density at radius 3 is 2.29 bits per heavy atom. The van der Waals surface area contributed by atoms with Gasteiger partial charge < -0.3 is 5.32 Å². The van der Waals surface area contributed by atoms with Gasteiger partial charge in [-0.25, -0.2) is 13.1 Å². The highest BCUT2D eigenvalue weighted by Crippen LogP contribution is 2.25. The van der Waals surface area contributed by atoms with Crippen LogP contribution in [0.25, 0.3) is 0 Å². The zero-order valence-electron chi connectivity index (χ0n) is 12.0. The Labute approximate surface area is 137 Å². The van der Waals surface area contributed by atoms with Crippen LogP contribution >= 0.6 is 27.3 Å². The van der Waals surface area contributed by atoms with Gasteiger partial charge in [0.25, 0.3) is 0 Å². The number of aryl methyl sites for hydroxylation is 2. The summed E-state index contributed by atoms with van der Waals surface area (Å²) in [5, 5.41) is 4.96. The van der Waals surface area contributed by atoms with Crippen molar-refractivity contribution in [1.82, 2.24) is 4.72 Å². The van der Waals surface area contributed by atoms with Crippen molar-refractivity contribution in [3.05, 3.63) is 44.1 Å². The van der Waals surface area contributed by atoms with E-state index in [-0.39, 0.29) is 0 Å². The number of hydrogen-bond donors (Lipinski definition) is 2. The fourth-order valence-corrected chi connectivity index (χ4v) is 5.14. The summed E-state index contributed by atoms with van der Waals surface area (Å²) >= 11 is 4.88. The Balaban J connectivity index is 2.27. The Morgan fingerprint density at radius 1 is 1.19 bits per heavy atom. The average Bonchev–Trinajstić information content (AvgIpc) is 2.81. The molecule has 4 nitrogen and oxygen atoms in total. The summed E-state index contributed by atoms with van der Waals surface area (Å²) in [6.45, 7) is 3.92. The number of nitrogens with one attached hydrogen (secondary N) is 2. The molecule has 0 saturated heterocycles. The molecule has 0 radical (unpaired) electrons. The molecular formula is C14H17BrN2O2S2. The molecule has 0 fully saturated rings. The summed E-state index contributed by atoms with van der Waals surface area (Å²) in [6.07, 6.45) is 0. The van der Waals surface area contributed by atoms with E-state index in [1.165, 1.54) is 11.3 Å². The lowest BCUT2D eigenvalue weighted by Crippen LogP contribution is -2.24. The molecule has 0 aliphatic rings. The van der Waals surface area contributed by atoms with Gasteiger partial charge in [0.2, 0.25) is 10.0 Å². The minimum Gasteiger partial charge on any atom is -0.388 e. The van der Waals surface area contributed by atoms with E-state index in [0.29, 0.717) is 11.4 Å². The van der Waals surface area contributed by atoms with Crippen LogP contribution in [0.3, 0.4) is 0 Å². The summed E-state index contributed by atoms with van der Waals surface area (Å²) < 4.78 is 28.7. The SMILES string of the molecule is CNc1cc(C)c(S(=O)(=O)NCc2cc(Br)cs2)c(C)c1. The van der Waals surface area contributed by atoms with Crippen LogP contribution in [0.5, 0.6) is 0 Å². The van der Waals surface area contributed by atoms with Crippen molar-refractivity contribution in [2.24, 2.45) is 0 Å². The van der Waals surface area contributed by atoms with E-state index in [9.17, 15) is 8.42 Å². The van der Waals surface area contributed by atoms with Gasteiger partial charge in [0.15, 0.2) is 0 Å². The maximum Gasteiger partial charge on any atom is 0.241 e. The number of anilines is 1. The molecule has 7 heteroatoms. The van der Waals surface area contributed by atoms with E-state index < -0.39 is 10.0 Å². The smallest absolute Gasteiger partial charge is 0.241 e. The highest BCUT2D eigenvalue weighted by Gasteiger charge is 2.20. The molecule has 0 amide bonds. The first-order valence-corrected chi connectivity index (χ1v) is 9.50. The fraction of sp³-hybridized carbons (Fsp3) is 0.286. The van der Waals surface area contributed by atoms with E-state index in [4.69, 9.17) is 0 Å². The van der Waals surface area contributed by atoms with Crippen LogP contribution in [0.4, 0.5) is 5.69 Å². The second-order valence-corrected chi connectivity index (χ2v) is 8.36. The van der Waals surface area contributed by atoms with Crippen molar-refractivity contribution in [2.75, 3.05) is 12.4 Å². The summed E-state index contributed by atoms with van der Waals surface area (Å²) in [4.78, 5) is 1.32. The summed E-state index contributed by atoms with van der Waals surface area (Å²) in [5.74, 6) is 0. The number of halogens is 1. The predicted octanol–water partition coefficient (Wildman–Crippen LogP) is 3.65. The maximum absolute atomic E-state index is 12.5. The quantitative estimate of drug-likeness (QED) is 0.821. The van der Waals surface area contributed by atoms with Crippen molar-refractivity contribution in [3.63, 3.8) is 0 Å². The van der Waals surface area contributed by atoms with E-state index >= 15 is 0 Å². The minimum absolute atomic E-state index is 0.297. The van der Waals surface area contributed by atoms with Crippen LogP contribution in [0, 0.1) is 13.8 Å². The largest absolute Gasteiger partial charge is 0.388 e. The third-order valence-corrected chi connectivity index (χ3v) is 6.48. The molecule has 0 aliphatic carbocycles. The van der Waals surface area contributed by atoms with Crippen molar-refractivity contribution in [3.8, 4) is 0 Å². The fourth-order valence-electron chi connectivity index (χ4n) is 2.20. The van der Waals surface area contributed by atoms with Crippen LogP contribution in [0.2, 0.25) is 0 Å². The first kappa shape index (κ1) is 16.5. The number of rotatable bonds is 5. The van der Waals surface area contributed by atoms with Crippen LogP contribution < -0.4 is 10.0 Å². The van der Waals surface area contributed by atoms with E-state index in [1.807, 2.05) is 44.5 Å². The van der Waals surface area contributed by atoms with Crippen molar-refractivity contribution < 1.29 is 8.42 Å². The lowest BCUT2D eigenvalue weighted by atomic mass is 10.1. The molecule has 0 atom stereocenters. The maximum atomic E-state index is 12.5. The van der Waals surface area contributed by atoms with E-state index in [0.717, 1.165) is 26.2 Å². The van der Waals surface area contributed by atoms with Gasteiger partial charge in [0, 0.05) is 34.0 Å². The molecule has 1 aromatic carbocycles. The second kappa shape index (κ2) is 6.48. The van der Waals surface area contributed by atoms with Gasteiger partial charge >= 0.3 is 0 Å². The van der Waals surface area contributed by atoms with Gasteiger partial charge in [0.05, 0.1) is 4.90 Å². The Morgan fingerprint density at radius 2 is 1.81 bits per heavy atom. The minimum atomic E-state index is -3.52. The van der Waals surface area contributed by atoms with Crippen LogP contribution in [0.15, 0.2) is 32.9 Å². The molecule has 0 bridgehead atoms. The van der Waals surface area contributed by atoms with E-state index in [1.54, 1.807) is 0 Å². The molecule has 1 heterocycles. The highest BCUT2D eigenvalue weighted by molar-refractivity contribution is 9.10. The van der Waals surface area contributed by atoms with Crippen LogP contribution in [-0.2, 0) is 16.6 Å². The Hall–Kier alpha value is -0.890. The monoisotopic (exact) mass is 388 g/mol. The number of hydrogen-bond acceptors (Lipinski definition) is 4. The highest BCUT2D eigenvalue weighted by atomic mass is 79.9. The molecule has 2 rings (SSSR count). The van der Waals surface area contributed by atoms with Crippen molar-refractivity contribution in [2.45, 2.75) is 25.3 Å². The Bertz CT molecular complexity index is 731. The summed E-state index contributed by atoms with van der Waals surface area (Å²) in [7, 11) is -1.71. The number of thiophene rings is 1. The molecule has 0 spiro atoms. The van der Waals surface area contributed by atoms with Gasteiger partial charge in [-0.1, -0.05) is 0 Å². The van der Waals surface area contributed by atoms with Crippen LogP contribution in [-0.4, -0.2) is 15.5 Å². The molecule has 21 heavy (non-hydrogen) atoms. The molecule has 2 aromatic rings. The lowest BCUT2D eigenvalue weighted by Gasteiger charge is -2.13. The molecule has 1 aromatic heterocycles. The normalized spacial score (nSPS) is 11.6. The summed E-state index contributed by atoms with van der Waals surface area (Å²) in [6, 6.07) is 5.59. The van der Waals surface area contributed by atoms with Crippen molar-refractivity contribution in [1.29, 1.82) is 0 Å². The molecule has 114 valence electrons. The van der Waals surface area contributed by atoms with Gasteiger partial charge in [-0.05, 0) is 59.1 Å². The zero-order chi connectivity index (χ0) is 15.6. The van der Waals surface area contributed by atoms with Crippen molar-refractivity contribution >= 4 is 43.0 Å². The average molecular weight is 389 g/mol. The van der Waals surface area contributed by atoms with Gasteiger partial charge in [0.1, 0.15) is 0 Å². The standard InChI is InChI=1S/C14H17BrN2O2S2/c1-9-4-12(16-3)5-10(2)14(9)21(18,19)17-7-13-6-11(15)8-20-13/h4-6,8,16-17H,7H2,1-3H3. The third kappa shape index (κ3) is 3.85. The Kier molecular flexibility index (Phi) is 5.08. The molecule has 2 N–H and O–H groups in total. The number of benzene rings is 1. The first-order chi connectivity index (χ1) is 9.83.